The SMILES string of the molecule is C[C@H](NC(=O)c1ccc(Cn2ccnc2)cc1)c1ccccc1. The zero-order chi connectivity index (χ0) is 16.1. The molecule has 23 heavy (non-hydrogen) atoms. The molecule has 0 aliphatic carbocycles. The lowest BCUT2D eigenvalue weighted by Crippen LogP contribution is -2.26. The lowest BCUT2D eigenvalue weighted by Gasteiger charge is -2.14. The second kappa shape index (κ2) is 6.92. The molecular weight excluding hydrogens is 286 g/mol. The van der Waals surface area contributed by atoms with Crippen LogP contribution in [0, 0.1) is 0 Å². The van der Waals surface area contributed by atoms with Crippen LogP contribution in [-0.2, 0) is 6.54 Å². The smallest absolute Gasteiger partial charge is 0.251 e. The summed E-state index contributed by atoms with van der Waals surface area (Å²) in [6, 6.07) is 17.6. The Morgan fingerprint density at radius 1 is 1.13 bits per heavy atom. The Bertz CT molecular complexity index is 749. The van der Waals surface area contributed by atoms with Crippen molar-refractivity contribution in [2.24, 2.45) is 0 Å². The van der Waals surface area contributed by atoms with E-state index in [9.17, 15) is 4.79 Å². The quantitative estimate of drug-likeness (QED) is 0.785. The molecule has 3 aromatic rings. The van der Waals surface area contributed by atoms with Gasteiger partial charge in [0.25, 0.3) is 5.91 Å². The van der Waals surface area contributed by atoms with Crippen molar-refractivity contribution in [3.8, 4) is 0 Å². The summed E-state index contributed by atoms with van der Waals surface area (Å²) >= 11 is 0. The van der Waals surface area contributed by atoms with Crippen molar-refractivity contribution < 1.29 is 4.79 Å². The van der Waals surface area contributed by atoms with E-state index in [0.717, 1.165) is 17.7 Å². The van der Waals surface area contributed by atoms with Gasteiger partial charge in [0, 0.05) is 24.5 Å². The highest BCUT2D eigenvalue weighted by molar-refractivity contribution is 5.94. The fraction of sp³-hybridized carbons (Fsp3) is 0.158. The van der Waals surface area contributed by atoms with Crippen molar-refractivity contribution in [3.63, 3.8) is 0 Å². The monoisotopic (exact) mass is 305 g/mol. The zero-order valence-corrected chi connectivity index (χ0v) is 13.0. The molecule has 0 aliphatic rings. The molecule has 116 valence electrons. The third kappa shape index (κ3) is 3.86. The average molecular weight is 305 g/mol. The predicted octanol–water partition coefficient (Wildman–Crippen LogP) is 3.42. The topological polar surface area (TPSA) is 46.9 Å². The van der Waals surface area contributed by atoms with Crippen LogP contribution in [0.15, 0.2) is 73.3 Å². The van der Waals surface area contributed by atoms with E-state index in [1.54, 1.807) is 12.5 Å². The van der Waals surface area contributed by atoms with Gasteiger partial charge < -0.3 is 9.88 Å². The molecule has 0 saturated carbocycles. The van der Waals surface area contributed by atoms with Gasteiger partial charge in [-0.05, 0) is 30.2 Å². The molecule has 2 aromatic carbocycles. The normalized spacial score (nSPS) is 11.9. The molecule has 1 heterocycles. The molecule has 1 atom stereocenters. The zero-order valence-electron chi connectivity index (χ0n) is 13.0. The van der Waals surface area contributed by atoms with Crippen LogP contribution in [0.25, 0.3) is 0 Å². The summed E-state index contributed by atoms with van der Waals surface area (Å²) in [5.74, 6) is -0.0597. The number of carbonyl (C=O) groups excluding carboxylic acids is 1. The number of carbonyl (C=O) groups is 1. The van der Waals surface area contributed by atoms with Crippen molar-refractivity contribution in [1.29, 1.82) is 0 Å². The average Bonchev–Trinajstić information content (AvgIpc) is 3.09. The first-order valence-electron chi connectivity index (χ1n) is 7.63. The largest absolute Gasteiger partial charge is 0.346 e. The summed E-state index contributed by atoms with van der Waals surface area (Å²) in [6.07, 6.45) is 5.46. The molecule has 3 rings (SSSR count). The molecule has 1 N–H and O–H groups in total. The van der Waals surface area contributed by atoms with Gasteiger partial charge in [-0.2, -0.15) is 0 Å². The first kappa shape index (κ1) is 15.0. The molecule has 4 nitrogen and oxygen atoms in total. The Balaban J connectivity index is 1.63. The van der Waals surface area contributed by atoms with Crippen molar-refractivity contribution in [3.05, 3.63) is 90.0 Å². The Kier molecular flexibility index (Phi) is 4.52. The van der Waals surface area contributed by atoms with Crippen LogP contribution in [-0.4, -0.2) is 15.5 Å². The van der Waals surface area contributed by atoms with Gasteiger partial charge in [-0.25, -0.2) is 4.98 Å². The second-order valence-corrected chi connectivity index (χ2v) is 5.54. The minimum atomic E-state index is -0.0597. The van der Waals surface area contributed by atoms with Gasteiger partial charge in [0.1, 0.15) is 0 Å². The van der Waals surface area contributed by atoms with Gasteiger partial charge in [0.05, 0.1) is 12.4 Å². The van der Waals surface area contributed by atoms with E-state index in [2.05, 4.69) is 10.3 Å². The standard InChI is InChI=1S/C19H19N3O/c1-15(17-5-3-2-4-6-17)21-19(23)18-9-7-16(8-10-18)13-22-12-11-20-14-22/h2-12,14-15H,13H2,1H3,(H,21,23)/t15-/m0/s1. The molecule has 0 saturated heterocycles. The maximum atomic E-state index is 12.3. The molecule has 0 unspecified atom stereocenters. The third-order valence-corrected chi connectivity index (χ3v) is 3.79. The van der Waals surface area contributed by atoms with Gasteiger partial charge >= 0.3 is 0 Å². The van der Waals surface area contributed by atoms with Crippen molar-refractivity contribution in [2.45, 2.75) is 19.5 Å². The van der Waals surface area contributed by atoms with E-state index >= 15 is 0 Å². The highest BCUT2D eigenvalue weighted by atomic mass is 16.1. The van der Waals surface area contributed by atoms with Gasteiger partial charge in [0.2, 0.25) is 0 Å². The molecule has 0 fully saturated rings. The molecular formula is C19H19N3O. The summed E-state index contributed by atoms with van der Waals surface area (Å²) in [6.45, 7) is 2.74. The van der Waals surface area contributed by atoms with Crippen LogP contribution < -0.4 is 5.32 Å². The van der Waals surface area contributed by atoms with E-state index in [-0.39, 0.29) is 11.9 Å². The van der Waals surface area contributed by atoms with Crippen molar-refractivity contribution >= 4 is 5.91 Å². The van der Waals surface area contributed by atoms with E-state index in [1.807, 2.05) is 72.3 Å². The van der Waals surface area contributed by atoms with Gasteiger partial charge in [-0.3, -0.25) is 4.79 Å². The van der Waals surface area contributed by atoms with Crippen molar-refractivity contribution in [2.75, 3.05) is 0 Å². The number of hydrogen-bond donors (Lipinski definition) is 1. The maximum Gasteiger partial charge on any atom is 0.251 e. The first-order valence-corrected chi connectivity index (χ1v) is 7.63. The second-order valence-electron chi connectivity index (χ2n) is 5.54. The Hall–Kier alpha value is -2.88. The Morgan fingerprint density at radius 3 is 2.52 bits per heavy atom. The Labute approximate surface area is 135 Å². The highest BCUT2D eigenvalue weighted by Gasteiger charge is 2.11. The summed E-state index contributed by atoms with van der Waals surface area (Å²) < 4.78 is 1.99. The minimum absolute atomic E-state index is 0.0191. The van der Waals surface area contributed by atoms with Crippen LogP contribution in [0.1, 0.15) is 34.5 Å². The fourth-order valence-electron chi connectivity index (χ4n) is 2.46. The van der Waals surface area contributed by atoms with Gasteiger partial charge in [-0.15, -0.1) is 0 Å². The number of nitrogens with one attached hydrogen (secondary N) is 1. The maximum absolute atomic E-state index is 12.3. The molecule has 1 amide bonds. The molecule has 1 aromatic heterocycles. The lowest BCUT2D eigenvalue weighted by atomic mass is 10.1. The summed E-state index contributed by atoms with van der Waals surface area (Å²) in [7, 11) is 0. The molecule has 0 spiro atoms. The number of aromatic nitrogens is 2. The van der Waals surface area contributed by atoms with E-state index in [0.29, 0.717) is 5.56 Å². The van der Waals surface area contributed by atoms with Crippen molar-refractivity contribution in [1.82, 2.24) is 14.9 Å². The predicted molar refractivity (Wildman–Crippen MR) is 90.1 cm³/mol. The number of amides is 1. The number of hydrogen-bond acceptors (Lipinski definition) is 2. The molecule has 0 aliphatic heterocycles. The summed E-state index contributed by atoms with van der Waals surface area (Å²) in [4.78, 5) is 16.4. The number of imidazole rings is 1. The Morgan fingerprint density at radius 2 is 1.87 bits per heavy atom. The number of nitrogens with zero attached hydrogens (tertiary/aromatic N) is 2. The number of rotatable bonds is 5. The summed E-state index contributed by atoms with van der Waals surface area (Å²) in [5, 5.41) is 3.02. The van der Waals surface area contributed by atoms with Gasteiger partial charge in [-0.1, -0.05) is 42.5 Å². The van der Waals surface area contributed by atoms with E-state index in [4.69, 9.17) is 0 Å². The summed E-state index contributed by atoms with van der Waals surface area (Å²) in [5.41, 5.74) is 2.90. The van der Waals surface area contributed by atoms with Crippen LogP contribution in [0.5, 0.6) is 0 Å². The number of benzene rings is 2. The molecule has 0 bridgehead atoms. The van der Waals surface area contributed by atoms with Crippen LogP contribution in [0.4, 0.5) is 0 Å². The first-order chi connectivity index (χ1) is 11.2. The fourth-order valence-corrected chi connectivity index (χ4v) is 2.46. The minimum Gasteiger partial charge on any atom is -0.346 e. The molecule has 0 radical (unpaired) electrons. The van der Waals surface area contributed by atoms with Crippen LogP contribution >= 0.6 is 0 Å². The lowest BCUT2D eigenvalue weighted by molar-refractivity contribution is 0.0940. The van der Waals surface area contributed by atoms with E-state index in [1.165, 1.54) is 0 Å². The van der Waals surface area contributed by atoms with Crippen LogP contribution in [0.2, 0.25) is 0 Å². The molecule has 4 heteroatoms. The van der Waals surface area contributed by atoms with Crippen LogP contribution in [0.3, 0.4) is 0 Å². The van der Waals surface area contributed by atoms with Gasteiger partial charge in [0.15, 0.2) is 0 Å². The third-order valence-electron chi connectivity index (χ3n) is 3.79. The van der Waals surface area contributed by atoms with E-state index < -0.39 is 0 Å². The highest BCUT2D eigenvalue weighted by Crippen LogP contribution is 2.13.